The van der Waals surface area contributed by atoms with E-state index in [-0.39, 0.29) is 21.8 Å². The molecule has 0 bridgehead atoms. The number of carbonyl (C=O) groups is 1. The van der Waals surface area contributed by atoms with E-state index in [0.717, 1.165) is 0 Å². The molecule has 0 amide bonds. The number of nitriles is 1. The van der Waals surface area contributed by atoms with Gasteiger partial charge in [0.25, 0.3) is 0 Å². The van der Waals surface area contributed by atoms with Crippen molar-refractivity contribution in [3.8, 4) is 11.8 Å². The molecule has 2 N–H and O–H groups in total. The molecular weight excluding hydrogens is 413 g/mol. The fourth-order valence-electron chi connectivity index (χ4n) is 3.52. The fourth-order valence-corrected chi connectivity index (χ4v) is 3.91. The number of nitrogens with zero attached hydrogens (tertiary/aromatic N) is 2. The second kappa shape index (κ2) is 6.25. The summed E-state index contributed by atoms with van der Waals surface area (Å²) in [7, 11) is 0. The van der Waals surface area contributed by atoms with Crippen molar-refractivity contribution in [1.29, 1.82) is 5.26 Å². The third kappa shape index (κ3) is 2.53. The van der Waals surface area contributed by atoms with E-state index in [1.807, 2.05) is 18.2 Å². The van der Waals surface area contributed by atoms with Crippen LogP contribution in [0.5, 0.6) is 5.75 Å². The van der Waals surface area contributed by atoms with Crippen molar-refractivity contribution in [2.45, 2.75) is 12.8 Å². The van der Waals surface area contributed by atoms with Crippen LogP contribution in [-0.2, 0) is 0 Å². The summed E-state index contributed by atoms with van der Waals surface area (Å²) in [4.78, 5) is 12.5. The van der Waals surface area contributed by atoms with Crippen molar-refractivity contribution < 1.29 is 13.9 Å². The molecule has 1 atom stereocenters. The Balaban J connectivity index is 2.11. The molecule has 2 aromatic carbocycles. The van der Waals surface area contributed by atoms with Gasteiger partial charge in [-0.3, -0.25) is 9.36 Å². The zero-order valence-corrected chi connectivity index (χ0v) is 15.7. The molecule has 0 spiro atoms. The van der Waals surface area contributed by atoms with Crippen LogP contribution in [0, 0.1) is 17.1 Å². The second-order valence-electron chi connectivity index (χ2n) is 6.18. The first-order valence-corrected chi connectivity index (χ1v) is 8.90. The van der Waals surface area contributed by atoms with Crippen LogP contribution in [0.3, 0.4) is 0 Å². The van der Waals surface area contributed by atoms with Gasteiger partial charge in [0, 0.05) is 12.3 Å². The number of benzene rings is 2. The average molecular weight is 426 g/mol. The molecule has 2 heterocycles. The summed E-state index contributed by atoms with van der Waals surface area (Å²) in [5.41, 5.74) is 7.99. The average Bonchev–Trinajstić information content (AvgIpc) is 2.97. The Morgan fingerprint density at radius 1 is 1.33 bits per heavy atom. The van der Waals surface area contributed by atoms with Gasteiger partial charge in [0.05, 0.1) is 21.6 Å². The summed E-state index contributed by atoms with van der Waals surface area (Å²) in [5.74, 6) is -0.898. The number of fused-ring (bicyclic) bond motifs is 3. The van der Waals surface area contributed by atoms with Crippen LogP contribution < -0.4 is 10.5 Å². The molecule has 4 rings (SSSR count). The normalized spacial score (nSPS) is 16.0. The molecule has 0 unspecified atom stereocenters. The van der Waals surface area contributed by atoms with Gasteiger partial charge in [0.15, 0.2) is 5.75 Å². The maximum Gasteiger partial charge on any atom is 0.228 e. The van der Waals surface area contributed by atoms with Crippen LogP contribution in [0.1, 0.15) is 28.9 Å². The van der Waals surface area contributed by atoms with E-state index >= 15 is 0 Å². The van der Waals surface area contributed by atoms with E-state index in [2.05, 4.69) is 22.0 Å². The third-order valence-corrected chi connectivity index (χ3v) is 5.22. The minimum absolute atomic E-state index is 0.0260. The molecule has 0 aliphatic carbocycles. The molecule has 0 saturated carbocycles. The monoisotopic (exact) mass is 425 g/mol. The Hall–Kier alpha value is -3.11. The predicted molar refractivity (Wildman–Crippen MR) is 102 cm³/mol. The summed E-state index contributed by atoms with van der Waals surface area (Å²) in [6.45, 7) is 1.44. The van der Waals surface area contributed by atoms with E-state index in [4.69, 9.17) is 10.5 Å². The molecule has 0 saturated heterocycles. The number of carbonyl (C=O) groups excluding carboxylic acids is 1. The maximum atomic E-state index is 13.8. The molecule has 3 aromatic rings. The van der Waals surface area contributed by atoms with Crippen LogP contribution >= 0.6 is 15.9 Å². The standard InChI is InChI=1S/C20H13BrFN3O2/c1-10(26)25-16-5-3-2-4-12(16)19-18(25)17(13(9-23)20(24)27-19)11-6-7-15(22)14(21)8-11/h2-8,17H,24H2,1H3/t17-/m1/s1. The maximum absolute atomic E-state index is 13.8. The largest absolute Gasteiger partial charge is 0.438 e. The minimum Gasteiger partial charge on any atom is -0.438 e. The number of allylic oxidation sites excluding steroid dienone is 1. The van der Waals surface area contributed by atoms with Gasteiger partial charge in [-0.05, 0) is 45.8 Å². The fraction of sp³-hybridized carbons (Fsp3) is 0.100. The molecular formula is C20H13BrFN3O2. The highest BCUT2D eigenvalue weighted by Crippen LogP contribution is 2.47. The van der Waals surface area contributed by atoms with E-state index in [1.54, 1.807) is 18.2 Å². The number of ether oxygens (including phenoxy) is 1. The summed E-state index contributed by atoms with van der Waals surface area (Å²) in [5, 5.41) is 10.4. The van der Waals surface area contributed by atoms with E-state index < -0.39 is 11.7 Å². The van der Waals surface area contributed by atoms with E-state index in [0.29, 0.717) is 27.9 Å². The number of rotatable bonds is 1. The molecule has 7 heteroatoms. The number of nitrogens with two attached hydrogens (primary N) is 1. The molecule has 1 aliphatic rings. The molecule has 1 aromatic heterocycles. The lowest BCUT2D eigenvalue weighted by atomic mass is 9.87. The predicted octanol–water partition coefficient (Wildman–Crippen LogP) is 4.42. The van der Waals surface area contributed by atoms with Crippen LogP contribution in [-0.4, -0.2) is 10.5 Å². The van der Waals surface area contributed by atoms with Crippen molar-refractivity contribution >= 4 is 32.7 Å². The van der Waals surface area contributed by atoms with Gasteiger partial charge in [-0.1, -0.05) is 18.2 Å². The number of para-hydroxylation sites is 1. The smallest absolute Gasteiger partial charge is 0.228 e. The Morgan fingerprint density at radius 2 is 2.07 bits per heavy atom. The SMILES string of the molecule is CC(=O)n1c2c(c3ccccc31)OC(N)=C(C#N)[C@H]2c1ccc(F)c(Br)c1. The Labute approximate surface area is 162 Å². The lowest BCUT2D eigenvalue weighted by Gasteiger charge is -2.26. The van der Waals surface area contributed by atoms with Gasteiger partial charge in [-0.15, -0.1) is 0 Å². The molecule has 0 radical (unpaired) electrons. The van der Waals surface area contributed by atoms with E-state index in [9.17, 15) is 14.4 Å². The van der Waals surface area contributed by atoms with Crippen molar-refractivity contribution in [2.75, 3.05) is 0 Å². The van der Waals surface area contributed by atoms with Gasteiger partial charge < -0.3 is 10.5 Å². The van der Waals surface area contributed by atoms with Crippen molar-refractivity contribution in [1.82, 2.24) is 4.57 Å². The summed E-state index contributed by atoms with van der Waals surface area (Å²) in [6.07, 6.45) is 0. The van der Waals surface area contributed by atoms with Crippen molar-refractivity contribution in [3.63, 3.8) is 0 Å². The molecule has 1 aliphatic heterocycles. The topological polar surface area (TPSA) is 81.0 Å². The van der Waals surface area contributed by atoms with E-state index in [1.165, 1.54) is 17.6 Å². The minimum atomic E-state index is -0.660. The van der Waals surface area contributed by atoms with Gasteiger partial charge in [-0.2, -0.15) is 5.26 Å². The molecule has 134 valence electrons. The van der Waals surface area contributed by atoms with Crippen LogP contribution in [0.4, 0.5) is 4.39 Å². The number of aromatic nitrogens is 1. The van der Waals surface area contributed by atoms with Crippen molar-refractivity contribution in [2.24, 2.45) is 5.73 Å². The summed E-state index contributed by atoms with van der Waals surface area (Å²) >= 11 is 3.18. The van der Waals surface area contributed by atoms with Gasteiger partial charge >= 0.3 is 0 Å². The Kier molecular flexibility index (Phi) is 4.01. The highest BCUT2D eigenvalue weighted by atomic mass is 79.9. The van der Waals surface area contributed by atoms with Crippen LogP contribution in [0.25, 0.3) is 10.9 Å². The Morgan fingerprint density at radius 3 is 2.74 bits per heavy atom. The molecule has 0 fully saturated rings. The zero-order valence-electron chi connectivity index (χ0n) is 14.2. The van der Waals surface area contributed by atoms with Crippen molar-refractivity contribution in [3.05, 3.63) is 75.5 Å². The van der Waals surface area contributed by atoms with Gasteiger partial charge in [0.1, 0.15) is 17.5 Å². The first-order chi connectivity index (χ1) is 12.9. The third-order valence-electron chi connectivity index (χ3n) is 4.62. The molecule has 27 heavy (non-hydrogen) atoms. The zero-order chi connectivity index (χ0) is 19.3. The van der Waals surface area contributed by atoms with Gasteiger partial charge in [-0.25, -0.2) is 4.39 Å². The lowest BCUT2D eigenvalue weighted by Crippen LogP contribution is -2.24. The number of halogens is 2. The van der Waals surface area contributed by atoms with Gasteiger partial charge in [0.2, 0.25) is 11.8 Å². The van der Waals surface area contributed by atoms with Crippen LogP contribution in [0.2, 0.25) is 0 Å². The first-order valence-electron chi connectivity index (χ1n) is 8.10. The summed E-state index contributed by atoms with van der Waals surface area (Å²) < 4.78 is 21.3. The highest BCUT2D eigenvalue weighted by Gasteiger charge is 2.37. The first kappa shape index (κ1) is 17.3. The highest BCUT2D eigenvalue weighted by molar-refractivity contribution is 9.10. The summed E-state index contributed by atoms with van der Waals surface area (Å²) in [6, 6.07) is 13.8. The molecule has 5 nitrogen and oxygen atoms in total. The lowest BCUT2D eigenvalue weighted by molar-refractivity contribution is 0.0937. The number of hydrogen-bond acceptors (Lipinski definition) is 4. The number of hydrogen-bond donors (Lipinski definition) is 1. The Bertz CT molecular complexity index is 1190. The quantitative estimate of drug-likeness (QED) is 0.625. The second-order valence-corrected chi connectivity index (χ2v) is 7.04. The van der Waals surface area contributed by atoms with Crippen LogP contribution in [0.15, 0.2) is 58.4 Å².